The maximum atomic E-state index is 14.5. The van der Waals surface area contributed by atoms with E-state index in [1.807, 2.05) is 42.3 Å². The van der Waals surface area contributed by atoms with Crippen LogP contribution < -0.4 is 4.90 Å². The highest BCUT2D eigenvalue weighted by atomic mass is 32.2. The van der Waals surface area contributed by atoms with Gasteiger partial charge in [-0.05, 0) is 59.5 Å². The number of rotatable bonds is 4. The molecule has 2 aliphatic rings. The van der Waals surface area contributed by atoms with Crippen molar-refractivity contribution >= 4 is 15.7 Å². The monoisotopic (exact) mass is 477 g/mol. The van der Waals surface area contributed by atoms with Gasteiger partial charge >= 0.3 is 0 Å². The second kappa shape index (κ2) is 8.51. The molecular formula is C26H24FN3O3S. The molecule has 34 heavy (non-hydrogen) atoms. The van der Waals surface area contributed by atoms with Gasteiger partial charge in [-0.3, -0.25) is 0 Å². The largest absolute Gasteiger partial charge is 0.394 e. The van der Waals surface area contributed by atoms with Gasteiger partial charge in [0.15, 0.2) is 0 Å². The first-order valence-electron chi connectivity index (χ1n) is 11.1. The lowest BCUT2D eigenvalue weighted by molar-refractivity contribution is 0.193. The quantitative estimate of drug-likeness (QED) is 0.616. The SMILES string of the molecule is CN1c2ccc(-c3cccc(C#N)c3)cc2[C@H]2[C@H](CCN2S(=O)(=O)c2ccccc2F)[C@@H]1CO. The van der Waals surface area contributed by atoms with Gasteiger partial charge in [-0.15, -0.1) is 0 Å². The predicted octanol–water partition coefficient (Wildman–Crippen LogP) is 3.93. The molecule has 2 heterocycles. The fourth-order valence-corrected chi connectivity index (χ4v) is 7.14. The minimum atomic E-state index is -4.10. The van der Waals surface area contributed by atoms with Crippen LogP contribution in [0.5, 0.6) is 0 Å². The highest BCUT2D eigenvalue weighted by Crippen LogP contribution is 2.51. The molecule has 0 spiro atoms. The number of nitriles is 1. The summed E-state index contributed by atoms with van der Waals surface area (Å²) < 4.78 is 43.1. The van der Waals surface area contributed by atoms with E-state index in [0.29, 0.717) is 12.0 Å². The Morgan fingerprint density at radius 1 is 1.09 bits per heavy atom. The minimum Gasteiger partial charge on any atom is -0.394 e. The summed E-state index contributed by atoms with van der Waals surface area (Å²) in [6.45, 7) is 0.126. The summed E-state index contributed by atoms with van der Waals surface area (Å²) >= 11 is 0. The molecule has 8 heteroatoms. The number of halogens is 1. The van der Waals surface area contributed by atoms with E-state index in [2.05, 4.69) is 6.07 Å². The summed E-state index contributed by atoms with van der Waals surface area (Å²) in [6.07, 6.45) is 0.557. The molecule has 5 rings (SSSR count). The van der Waals surface area contributed by atoms with Crippen LogP contribution in [0.1, 0.15) is 23.6 Å². The Labute approximate surface area is 198 Å². The van der Waals surface area contributed by atoms with E-state index in [-0.39, 0.29) is 30.0 Å². The molecule has 0 saturated carbocycles. The van der Waals surface area contributed by atoms with Crippen LogP contribution in [0.2, 0.25) is 0 Å². The number of fused-ring (bicyclic) bond motifs is 3. The van der Waals surface area contributed by atoms with Crippen LogP contribution >= 0.6 is 0 Å². The van der Waals surface area contributed by atoms with Crippen molar-refractivity contribution < 1.29 is 17.9 Å². The fraction of sp³-hybridized carbons (Fsp3) is 0.269. The smallest absolute Gasteiger partial charge is 0.246 e. The maximum absolute atomic E-state index is 14.5. The van der Waals surface area contributed by atoms with Gasteiger partial charge in [0.25, 0.3) is 0 Å². The van der Waals surface area contributed by atoms with E-state index in [1.54, 1.807) is 12.1 Å². The summed E-state index contributed by atoms with van der Waals surface area (Å²) in [7, 11) is -2.20. The van der Waals surface area contributed by atoms with Gasteiger partial charge < -0.3 is 10.0 Å². The first kappa shape index (κ1) is 22.5. The number of likely N-dealkylation sites (N-methyl/N-ethyl adjacent to an activating group) is 1. The number of benzene rings is 3. The van der Waals surface area contributed by atoms with Gasteiger partial charge in [0.05, 0.1) is 30.3 Å². The van der Waals surface area contributed by atoms with Gasteiger partial charge in [0.2, 0.25) is 10.0 Å². The second-order valence-corrected chi connectivity index (χ2v) is 10.6. The first-order valence-corrected chi connectivity index (χ1v) is 12.6. The summed E-state index contributed by atoms with van der Waals surface area (Å²) in [5.41, 5.74) is 3.90. The molecular weight excluding hydrogens is 453 g/mol. The van der Waals surface area contributed by atoms with Crippen LogP contribution in [0.4, 0.5) is 10.1 Å². The normalized spacial score (nSPS) is 22.2. The Balaban J connectivity index is 1.66. The van der Waals surface area contributed by atoms with E-state index >= 15 is 0 Å². The lowest BCUT2D eigenvalue weighted by Crippen LogP contribution is -2.48. The molecule has 1 saturated heterocycles. The number of sulfonamides is 1. The standard InChI is InChI=1S/C26H24FN3O3S/c1-29-23-10-9-19(18-6-4-5-17(13-18)15-28)14-21(23)26-20(24(29)16-31)11-12-30(26)34(32,33)25-8-3-2-7-22(25)27/h2-10,13-14,20,24,26,31H,11-12,16H2,1H3/t20-,24+,26-/m1/s1. The van der Waals surface area contributed by atoms with Crippen LogP contribution in [-0.2, 0) is 10.0 Å². The van der Waals surface area contributed by atoms with Gasteiger partial charge in [-0.2, -0.15) is 9.57 Å². The molecule has 0 aliphatic carbocycles. The Kier molecular flexibility index (Phi) is 5.64. The molecule has 2 aliphatic heterocycles. The number of hydrogen-bond acceptors (Lipinski definition) is 5. The molecule has 174 valence electrons. The van der Waals surface area contributed by atoms with Crippen molar-refractivity contribution in [2.75, 3.05) is 25.1 Å². The Bertz CT molecular complexity index is 1400. The average Bonchev–Trinajstić information content (AvgIpc) is 3.30. The summed E-state index contributed by atoms with van der Waals surface area (Å²) in [6, 6.07) is 19.9. The molecule has 3 aromatic carbocycles. The van der Waals surface area contributed by atoms with E-state index in [0.717, 1.165) is 28.4 Å². The lowest BCUT2D eigenvalue weighted by atomic mass is 9.81. The molecule has 0 unspecified atom stereocenters. The van der Waals surface area contributed by atoms with Crippen LogP contribution in [0.15, 0.2) is 71.6 Å². The third-order valence-corrected chi connectivity index (χ3v) is 8.97. The van der Waals surface area contributed by atoms with E-state index in [1.165, 1.54) is 22.5 Å². The summed E-state index contributed by atoms with van der Waals surface area (Å²) in [5, 5.41) is 19.5. The van der Waals surface area contributed by atoms with Crippen molar-refractivity contribution in [1.82, 2.24) is 4.31 Å². The second-order valence-electron chi connectivity index (χ2n) is 8.77. The zero-order valence-electron chi connectivity index (χ0n) is 18.6. The van der Waals surface area contributed by atoms with Crippen molar-refractivity contribution in [1.29, 1.82) is 5.26 Å². The minimum absolute atomic E-state index is 0.114. The molecule has 0 bridgehead atoms. The van der Waals surface area contributed by atoms with Crippen molar-refractivity contribution in [3.8, 4) is 17.2 Å². The molecule has 3 atom stereocenters. The Hall–Kier alpha value is -3.25. The van der Waals surface area contributed by atoms with Gasteiger partial charge in [0, 0.05) is 25.2 Å². The molecule has 0 aromatic heterocycles. The number of hydrogen-bond donors (Lipinski definition) is 1. The van der Waals surface area contributed by atoms with E-state index < -0.39 is 21.9 Å². The Morgan fingerprint density at radius 2 is 1.85 bits per heavy atom. The van der Waals surface area contributed by atoms with Crippen molar-refractivity contribution in [2.45, 2.75) is 23.4 Å². The summed E-state index contributed by atoms with van der Waals surface area (Å²) in [4.78, 5) is 1.67. The highest BCUT2D eigenvalue weighted by Gasteiger charge is 2.50. The predicted molar refractivity (Wildman–Crippen MR) is 127 cm³/mol. The molecule has 6 nitrogen and oxygen atoms in total. The van der Waals surface area contributed by atoms with Crippen LogP contribution in [0.25, 0.3) is 11.1 Å². The number of anilines is 1. The zero-order valence-corrected chi connectivity index (χ0v) is 19.4. The molecule has 1 N–H and O–H groups in total. The van der Waals surface area contributed by atoms with Gasteiger partial charge in [0.1, 0.15) is 10.7 Å². The third-order valence-electron chi connectivity index (χ3n) is 7.05. The maximum Gasteiger partial charge on any atom is 0.246 e. The number of aliphatic hydroxyl groups excluding tert-OH is 1. The molecule has 1 fully saturated rings. The molecule has 3 aromatic rings. The van der Waals surface area contributed by atoms with Crippen LogP contribution in [0, 0.1) is 23.1 Å². The first-order chi connectivity index (χ1) is 16.4. The zero-order chi connectivity index (χ0) is 24.0. The van der Waals surface area contributed by atoms with Crippen LogP contribution in [0.3, 0.4) is 0 Å². The average molecular weight is 478 g/mol. The Morgan fingerprint density at radius 3 is 2.59 bits per heavy atom. The lowest BCUT2D eigenvalue weighted by Gasteiger charge is -2.44. The fourth-order valence-electron chi connectivity index (χ4n) is 5.41. The van der Waals surface area contributed by atoms with Crippen molar-refractivity contribution in [2.24, 2.45) is 5.92 Å². The number of nitrogens with zero attached hydrogens (tertiary/aromatic N) is 3. The number of aliphatic hydroxyl groups is 1. The van der Waals surface area contributed by atoms with Gasteiger partial charge in [-0.1, -0.05) is 30.3 Å². The molecule has 0 amide bonds. The highest BCUT2D eigenvalue weighted by molar-refractivity contribution is 7.89. The topological polar surface area (TPSA) is 84.6 Å². The van der Waals surface area contributed by atoms with Crippen molar-refractivity contribution in [3.05, 3.63) is 83.7 Å². The van der Waals surface area contributed by atoms with E-state index in [4.69, 9.17) is 0 Å². The van der Waals surface area contributed by atoms with Crippen LogP contribution in [-0.4, -0.2) is 44.1 Å². The summed E-state index contributed by atoms with van der Waals surface area (Å²) in [5.74, 6) is -0.926. The van der Waals surface area contributed by atoms with Gasteiger partial charge in [-0.25, -0.2) is 12.8 Å². The van der Waals surface area contributed by atoms with Crippen molar-refractivity contribution in [3.63, 3.8) is 0 Å². The third kappa shape index (κ3) is 3.48. The van der Waals surface area contributed by atoms with E-state index in [9.17, 15) is 23.2 Å². The molecule has 0 radical (unpaired) electrons.